The molecule has 5 rings (SSSR count). The zero-order valence-electron chi connectivity index (χ0n) is 17.5. The van der Waals surface area contributed by atoms with E-state index in [1.54, 1.807) is 0 Å². The normalized spacial score (nSPS) is 17.4. The van der Waals surface area contributed by atoms with E-state index in [0.29, 0.717) is 18.1 Å². The third kappa shape index (κ3) is 3.89. The molecular formula is C25H29N3O2. The minimum atomic E-state index is -0.188. The largest absolute Gasteiger partial charge is 0.490 e. The van der Waals surface area contributed by atoms with Gasteiger partial charge in [0.15, 0.2) is 0 Å². The molecule has 5 heteroatoms. The number of aryl methyl sites for hydroxylation is 1. The topological polar surface area (TPSA) is 66.2 Å². The van der Waals surface area contributed by atoms with Crippen LogP contribution in [0.4, 0.5) is 10.5 Å². The summed E-state index contributed by atoms with van der Waals surface area (Å²) in [5.41, 5.74) is 4.81. The van der Waals surface area contributed by atoms with E-state index in [1.165, 1.54) is 37.7 Å². The molecular weight excluding hydrogens is 374 g/mol. The van der Waals surface area contributed by atoms with E-state index in [4.69, 9.17) is 4.74 Å². The molecule has 3 aromatic rings. The number of benzene rings is 2. The third-order valence-corrected chi connectivity index (χ3v) is 6.75. The SMILES string of the molecule is Cc1ccc2[nH]cc(NC(=O)NCCc3ccc(OC4CC5(CCC5)C4)cc3)c2c1. The van der Waals surface area contributed by atoms with Crippen molar-refractivity contribution in [2.75, 3.05) is 11.9 Å². The average molecular weight is 404 g/mol. The molecule has 2 amide bonds. The molecule has 2 aliphatic rings. The van der Waals surface area contributed by atoms with Crippen LogP contribution >= 0.6 is 0 Å². The Kier molecular flexibility index (Phi) is 4.89. The number of amides is 2. The number of fused-ring (bicyclic) bond motifs is 1. The van der Waals surface area contributed by atoms with Gasteiger partial charge in [0.05, 0.1) is 11.8 Å². The van der Waals surface area contributed by atoms with Gasteiger partial charge in [0.1, 0.15) is 5.75 Å². The van der Waals surface area contributed by atoms with Gasteiger partial charge in [0.2, 0.25) is 0 Å². The number of carbonyl (C=O) groups is 1. The van der Waals surface area contributed by atoms with Gasteiger partial charge in [0, 0.05) is 23.6 Å². The molecule has 0 atom stereocenters. The monoisotopic (exact) mass is 403 g/mol. The van der Waals surface area contributed by atoms with Gasteiger partial charge in [-0.25, -0.2) is 4.79 Å². The quantitative estimate of drug-likeness (QED) is 0.505. The lowest BCUT2D eigenvalue weighted by Gasteiger charge is -2.53. The van der Waals surface area contributed by atoms with Crippen LogP contribution in [0.15, 0.2) is 48.7 Å². The first kappa shape index (κ1) is 19.0. The Morgan fingerprint density at radius 2 is 1.97 bits per heavy atom. The van der Waals surface area contributed by atoms with Gasteiger partial charge in [0.25, 0.3) is 0 Å². The van der Waals surface area contributed by atoms with Gasteiger partial charge in [-0.15, -0.1) is 0 Å². The average Bonchev–Trinajstić information content (AvgIpc) is 3.06. The number of urea groups is 1. The second-order valence-corrected chi connectivity index (χ2v) is 9.03. The van der Waals surface area contributed by atoms with Crippen LogP contribution in [0.25, 0.3) is 10.9 Å². The minimum absolute atomic E-state index is 0.188. The van der Waals surface area contributed by atoms with E-state index in [1.807, 2.05) is 19.2 Å². The first-order chi connectivity index (χ1) is 14.6. The van der Waals surface area contributed by atoms with Crippen LogP contribution in [0.1, 0.15) is 43.2 Å². The first-order valence-electron chi connectivity index (χ1n) is 11.0. The molecule has 5 nitrogen and oxygen atoms in total. The molecule has 1 heterocycles. The highest BCUT2D eigenvalue weighted by molar-refractivity contribution is 6.01. The smallest absolute Gasteiger partial charge is 0.319 e. The lowest BCUT2D eigenvalue weighted by molar-refractivity contribution is -0.0681. The van der Waals surface area contributed by atoms with E-state index < -0.39 is 0 Å². The van der Waals surface area contributed by atoms with E-state index in [-0.39, 0.29) is 6.03 Å². The van der Waals surface area contributed by atoms with Crippen LogP contribution in [0.5, 0.6) is 5.75 Å². The summed E-state index contributed by atoms with van der Waals surface area (Å²) in [6, 6.07) is 14.2. The Labute approximate surface area is 177 Å². The summed E-state index contributed by atoms with van der Waals surface area (Å²) in [5, 5.41) is 6.90. The predicted octanol–water partition coefficient (Wildman–Crippen LogP) is 5.55. The molecule has 2 saturated carbocycles. The lowest BCUT2D eigenvalue weighted by Crippen LogP contribution is -2.48. The molecule has 0 aliphatic heterocycles. The van der Waals surface area contributed by atoms with Gasteiger partial charge in [-0.05, 0) is 74.3 Å². The highest BCUT2D eigenvalue weighted by Crippen LogP contribution is 2.56. The van der Waals surface area contributed by atoms with Crippen LogP contribution in [0.2, 0.25) is 0 Å². The summed E-state index contributed by atoms with van der Waals surface area (Å²) in [4.78, 5) is 15.5. The van der Waals surface area contributed by atoms with Crippen molar-refractivity contribution < 1.29 is 9.53 Å². The Hall–Kier alpha value is -2.95. The third-order valence-electron chi connectivity index (χ3n) is 6.75. The van der Waals surface area contributed by atoms with Crippen molar-refractivity contribution in [3.8, 4) is 5.75 Å². The van der Waals surface area contributed by atoms with Gasteiger partial charge < -0.3 is 20.4 Å². The van der Waals surface area contributed by atoms with Crippen molar-refractivity contribution in [3.63, 3.8) is 0 Å². The summed E-state index contributed by atoms with van der Waals surface area (Å²) in [5.74, 6) is 0.957. The summed E-state index contributed by atoms with van der Waals surface area (Å²) in [6.45, 7) is 2.63. The fourth-order valence-electron chi connectivity index (χ4n) is 4.83. The van der Waals surface area contributed by atoms with Crippen molar-refractivity contribution in [1.29, 1.82) is 0 Å². The Bertz CT molecular complexity index is 1040. The van der Waals surface area contributed by atoms with Crippen LogP contribution in [-0.2, 0) is 6.42 Å². The highest BCUT2D eigenvalue weighted by atomic mass is 16.5. The van der Waals surface area contributed by atoms with Crippen LogP contribution in [0, 0.1) is 12.3 Å². The summed E-state index contributed by atoms with van der Waals surface area (Å²) >= 11 is 0. The standard InChI is InChI=1S/C25H29N3O2/c1-17-3-8-22-21(13-17)23(16-27-22)28-24(29)26-12-9-18-4-6-19(7-5-18)30-20-14-25(15-20)10-2-11-25/h3-8,13,16,20,27H,2,9-12,14-15H2,1H3,(H2,26,28,29). The van der Waals surface area contributed by atoms with Crippen LogP contribution < -0.4 is 15.4 Å². The first-order valence-corrected chi connectivity index (χ1v) is 11.0. The Morgan fingerprint density at radius 3 is 2.70 bits per heavy atom. The van der Waals surface area contributed by atoms with E-state index in [9.17, 15) is 4.79 Å². The van der Waals surface area contributed by atoms with E-state index >= 15 is 0 Å². The molecule has 1 spiro atoms. The molecule has 0 unspecified atom stereocenters. The predicted molar refractivity (Wildman–Crippen MR) is 120 cm³/mol. The fraction of sp³-hybridized carbons (Fsp3) is 0.400. The number of aromatic nitrogens is 1. The zero-order chi connectivity index (χ0) is 20.6. The van der Waals surface area contributed by atoms with Gasteiger partial charge in [-0.1, -0.05) is 30.2 Å². The highest BCUT2D eigenvalue weighted by Gasteiger charge is 2.49. The lowest BCUT2D eigenvalue weighted by atomic mass is 9.55. The fourth-order valence-corrected chi connectivity index (χ4v) is 4.83. The number of nitrogens with one attached hydrogen (secondary N) is 3. The van der Waals surface area contributed by atoms with Crippen LogP contribution in [-0.4, -0.2) is 23.7 Å². The number of H-pyrrole nitrogens is 1. The number of hydrogen-bond acceptors (Lipinski definition) is 2. The molecule has 3 N–H and O–H groups in total. The molecule has 2 fully saturated rings. The maximum Gasteiger partial charge on any atom is 0.319 e. The van der Waals surface area contributed by atoms with Crippen molar-refractivity contribution in [2.45, 2.75) is 51.6 Å². The minimum Gasteiger partial charge on any atom is -0.490 e. The number of ether oxygens (including phenoxy) is 1. The van der Waals surface area contributed by atoms with E-state index in [2.05, 4.69) is 52.0 Å². The molecule has 0 radical (unpaired) electrons. The van der Waals surface area contributed by atoms with Gasteiger partial charge >= 0.3 is 6.03 Å². The Morgan fingerprint density at radius 1 is 1.17 bits per heavy atom. The molecule has 1 aromatic heterocycles. The second kappa shape index (κ2) is 7.71. The van der Waals surface area contributed by atoms with E-state index in [0.717, 1.165) is 34.3 Å². The maximum atomic E-state index is 12.3. The number of rotatable bonds is 6. The van der Waals surface area contributed by atoms with Gasteiger partial charge in [-0.2, -0.15) is 0 Å². The van der Waals surface area contributed by atoms with Gasteiger partial charge in [-0.3, -0.25) is 0 Å². The van der Waals surface area contributed by atoms with Crippen molar-refractivity contribution in [1.82, 2.24) is 10.3 Å². The molecule has 0 saturated heterocycles. The number of anilines is 1. The molecule has 30 heavy (non-hydrogen) atoms. The molecule has 2 aliphatic carbocycles. The summed E-state index contributed by atoms with van der Waals surface area (Å²) < 4.78 is 6.10. The summed E-state index contributed by atoms with van der Waals surface area (Å²) in [6.07, 6.45) is 9.65. The molecule has 2 aromatic carbocycles. The maximum absolute atomic E-state index is 12.3. The molecule has 0 bridgehead atoms. The summed E-state index contributed by atoms with van der Waals surface area (Å²) in [7, 11) is 0. The zero-order valence-corrected chi connectivity index (χ0v) is 17.5. The van der Waals surface area contributed by atoms with Crippen LogP contribution in [0.3, 0.4) is 0 Å². The number of hydrogen-bond donors (Lipinski definition) is 3. The number of aromatic amines is 1. The molecule has 156 valence electrons. The number of carbonyl (C=O) groups excluding carboxylic acids is 1. The Balaban J connectivity index is 1.07. The van der Waals surface area contributed by atoms with Crippen molar-refractivity contribution >= 4 is 22.6 Å². The second-order valence-electron chi connectivity index (χ2n) is 9.03. The van der Waals surface area contributed by atoms with Crippen molar-refractivity contribution in [2.24, 2.45) is 5.41 Å². The van der Waals surface area contributed by atoms with Crippen molar-refractivity contribution in [3.05, 3.63) is 59.8 Å².